The Labute approximate surface area is 186 Å². The van der Waals surface area contributed by atoms with Gasteiger partial charge in [-0.25, -0.2) is 9.97 Å². The topological polar surface area (TPSA) is 72.3 Å². The van der Waals surface area contributed by atoms with Crippen LogP contribution in [0.1, 0.15) is 21.6 Å². The summed E-state index contributed by atoms with van der Waals surface area (Å²) in [6.07, 6.45) is 1.57. The number of fused-ring (bicyclic) bond motifs is 2. The summed E-state index contributed by atoms with van der Waals surface area (Å²) < 4.78 is 7.78. The van der Waals surface area contributed by atoms with Crippen LogP contribution in [0.4, 0.5) is 5.82 Å². The summed E-state index contributed by atoms with van der Waals surface area (Å²) in [5.41, 5.74) is 5.97. The van der Waals surface area contributed by atoms with Crippen molar-refractivity contribution < 1.29 is 9.53 Å². The average molecular weight is 428 g/mol. The van der Waals surface area contributed by atoms with Gasteiger partial charge in [0, 0.05) is 55.0 Å². The van der Waals surface area contributed by atoms with Gasteiger partial charge in [-0.2, -0.15) is 0 Å². The second-order valence-electron chi connectivity index (χ2n) is 8.08. The number of nitrogens with zero attached hydrogens (tertiary/aromatic N) is 4. The van der Waals surface area contributed by atoms with E-state index in [-0.39, 0.29) is 5.91 Å². The zero-order chi connectivity index (χ0) is 22.2. The maximum atomic E-state index is 12.1. The van der Waals surface area contributed by atoms with Gasteiger partial charge in [0.05, 0.1) is 18.3 Å². The van der Waals surface area contributed by atoms with Crippen LogP contribution in [0.5, 0.6) is 5.75 Å². The number of amides is 1. The molecule has 7 heteroatoms. The minimum atomic E-state index is 0.0713. The van der Waals surface area contributed by atoms with Gasteiger partial charge in [0.25, 0.3) is 5.91 Å². The first-order chi connectivity index (χ1) is 15.5. The van der Waals surface area contributed by atoms with Gasteiger partial charge in [0.15, 0.2) is 0 Å². The van der Waals surface area contributed by atoms with Crippen molar-refractivity contribution >= 4 is 22.6 Å². The standard InChI is InChI=1S/C25H25N5O2/c1-16-11-20-22(5-4-6-23(20)32-3)30(16)10-9-26-24-13-21(27-15-28-24)17-7-8-19-18(12-17)14-29(2)25(19)31/h4-8,11-13,15H,9-10,14H2,1-3H3,(H,26,27,28). The van der Waals surface area contributed by atoms with Crippen LogP contribution < -0.4 is 10.1 Å². The lowest BCUT2D eigenvalue weighted by Crippen LogP contribution is -2.17. The van der Waals surface area contributed by atoms with Gasteiger partial charge >= 0.3 is 0 Å². The molecule has 0 fully saturated rings. The van der Waals surface area contributed by atoms with Crippen molar-refractivity contribution in [2.24, 2.45) is 0 Å². The maximum absolute atomic E-state index is 12.1. The zero-order valence-electron chi connectivity index (χ0n) is 18.4. The van der Waals surface area contributed by atoms with E-state index in [9.17, 15) is 4.79 Å². The Morgan fingerprint density at radius 3 is 2.84 bits per heavy atom. The first-order valence-electron chi connectivity index (χ1n) is 10.6. The zero-order valence-corrected chi connectivity index (χ0v) is 18.4. The number of aromatic nitrogens is 3. The lowest BCUT2D eigenvalue weighted by atomic mass is 10.0. The van der Waals surface area contributed by atoms with Crippen molar-refractivity contribution in [2.75, 3.05) is 26.0 Å². The molecule has 0 atom stereocenters. The van der Waals surface area contributed by atoms with Crippen molar-refractivity contribution in [3.63, 3.8) is 0 Å². The molecule has 1 N–H and O–H groups in total. The fourth-order valence-electron chi connectivity index (χ4n) is 4.40. The van der Waals surface area contributed by atoms with Crippen LogP contribution in [0.2, 0.25) is 0 Å². The van der Waals surface area contributed by atoms with E-state index in [1.54, 1.807) is 18.3 Å². The molecule has 1 aliphatic heterocycles. The molecular weight excluding hydrogens is 402 g/mol. The minimum Gasteiger partial charge on any atom is -0.496 e. The molecule has 0 radical (unpaired) electrons. The van der Waals surface area contributed by atoms with Crippen LogP contribution >= 0.6 is 0 Å². The Morgan fingerprint density at radius 2 is 2.00 bits per heavy atom. The number of benzene rings is 2. The van der Waals surface area contributed by atoms with Crippen molar-refractivity contribution in [2.45, 2.75) is 20.0 Å². The number of carbonyl (C=O) groups is 1. The molecule has 2 aromatic heterocycles. The number of ether oxygens (including phenoxy) is 1. The van der Waals surface area contributed by atoms with Crippen molar-refractivity contribution in [3.8, 4) is 17.0 Å². The largest absolute Gasteiger partial charge is 0.496 e. The predicted octanol–water partition coefficient (Wildman–Crippen LogP) is 4.11. The third-order valence-corrected chi connectivity index (χ3v) is 6.03. The van der Waals surface area contributed by atoms with Gasteiger partial charge in [-0.05, 0) is 42.8 Å². The number of anilines is 1. The van der Waals surface area contributed by atoms with Crippen molar-refractivity contribution in [1.82, 2.24) is 19.4 Å². The van der Waals surface area contributed by atoms with E-state index < -0.39 is 0 Å². The molecule has 0 saturated heterocycles. The molecule has 5 rings (SSSR count). The second-order valence-corrected chi connectivity index (χ2v) is 8.08. The van der Waals surface area contributed by atoms with E-state index in [1.165, 1.54) is 5.69 Å². The second kappa shape index (κ2) is 8.00. The average Bonchev–Trinajstić information content (AvgIpc) is 3.28. The highest BCUT2D eigenvalue weighted by Crippen LogP contribution is 2.29. The molecule has 1 amide bonds. The summed E-state index contributed by atoms with van der Waals surface area (Å²) in [7, 11) is 3.52. The lowest BCUT2D eigenvalue weighted by molar-refractivity contribution is 0.0816. The molecule has 3 heterocycles. The number of hydrogen-bond acceptors (Lipinski definition) is 5. The summed E-state index contributed by atoms with van der Waals surface area (Å²) in [4.78, 5) is 22.7. The Morgan fingerprint density at radius 1 is 1.12 bits per heavy atom. The van der Waals surface area contributed by atoms with Gasteiger partial charge < -0.3 is 19.5 Å². The van der Waals surface area contributed by atoms with Crippen LogP contribution in [0.25, 0.3) is 22.2 Å². The van der Waals surface area contributed by atoms with E-state index in [0.29, 0.717) is 6.54 Å². The molecule has 0 spiro atoms. The van der Waals surface area contributed by atoms with Crippen LogP contribution in [0.15, 0.2) is 54.9 Å². The third kappa shape index (κ3) is 3.45. The molecular formula is C25H25N5O2. The highest BCUT2D eigenvalue weighted by Gasteiger charge is 2.24. The highest BCUT2D eigenvalue weighted by atomic mass is 16.5. The molecule has 7 nitrogen and oxygen atoms in total. The van der Waals surface area contributed by atoms with Crippen LogP contribution in [-0.2, 0) is 13.1 Å². The molecule has 1 aliphatic rings. The molecule has 162 valence electrons. The first-order valence-corrected chi connectivity index (χ1v) is 10.6. The number of methoxy groups -OCH3 is 1. The lowest BCUT2D eigenvalue weighted by Gasteiger charge is -2.11. The quantitative estimate of drug-likeness (QED) is 0.501. The smallest absolute Gasteiger partial charge is 0.254 e. The molecule has 0 aliphatic carbocycles. The van der Waals surface area contributed by atoms with Crippen LogP contribution in [0.3, 0.4) is 0 Å². The predicted molar refractivity (Wildman–Crippen MR) is 125 cm³/mol. The van der Waals surface area contributed by atoms with Crippen molar-refractivity contribution in [1.29, 1.82) is 0 Å². The van der Waals surface area contributed by atoms with E-state index in [4.69, 9.17) is 4.74 Å². The maximum Gasteiger partial charge on any atom is 0.254 e. The first kappa shape index (κ1) is 20.1. The van der Waals surface area contributed by atoms with Gasteiger partial charge in [-0.15, -0.1) is 0 Å². The van der Waals surface area contributed by atoms with Gasteiger partial charge in [0.1, 0.15) is 17.9 Å². The number of nitrogens with one attached hydrogen (secondary N) is 1. The fraction of sp³-hybridized carbons (Fsp3) is 0.240. The van der Waals surface area contributed by atoms with E-state index in [2.05, 4.69) is 38.9 Å². The van der Waals surface area contributed by atoms with E-state index >= 15 is 0 Å². The molecule has 32 heavy (non-hydrogen) atoms. The summed E-state index contributed by atoms with van der Waals surface area (Å²) in [5.74, 6) is 1.73. The number of rotatable bonds is 6. The Hall–Kier alpha value is -3.87. The number of hydrogen-bond donors (Lipinski definition) is 1. The molecule has 0 bridgehead atoms. The van der Waals surface area contributed by atoms with E-state index in [0.717, 1.165) is 57.9 Å². The molecule has 2 aromatic carbocycles. The SMILES string of the molecule is COc1cccc2c1cc(C)n2CCNc1cc(-c2ccc3c(c2)CN(C)C3=O)ncn1. The molecule has 0 saturated carbocycles. The summed E-state index contributed by atoms with van der Waals surface area (Å²) in [6.45, 7) is 4.27. The monoisotopic (exact) mass is 427 g/mol. The van der Waals surface area contributed by atoms with E-state index in [1.807, 2.05) is 43.4 Å². The highest BCUT2D eigenvalue weighted by molar-refractivity contribution is 5.98. The minimum absolute atomic E-state index is 0.0713. The summed E-state index contributed by atoms with van der Waals surface area (Å²) in [5, 5.41) is 4.54. The Balaban J connectivity index is 1.32. The third-order valence-electron chi connectivity index (χ3n) is 6.03. The van der Waals surface area contributed by atoms with Gasteiger partial charge in [-0.1, -0.05) is 12.1 Å². The number of carbonyl (C=O) groups excluding carboxylic acids is 1. The normalized spacial score (nSPS) is 13.0. The van der Waals surface area contributed by atoms with Crippen LogP contribution in [0, 0.1) is 6.92 Å². The van der Waals surface area contributed by atoms with Crippen molar-refractivity contribution in [3.05, 3.63) is 71.7 Å². The van der Waals surface area contributed by atoms with Gasteiger partial charge in [-0.3, -0.25) is 4.79 Å². The fourth-order valence-corrected chi connectivity index (χ4v) is 4.40. The number of aryl methyl sites for hydroxylation is 1. The van der Waals surface area contributed by atoms with Crippen LogP contribution in [-0.4, -0.2) is 46.0 Å². The molecule has 4 aromatic rings. The Kier molecular flexibility index (Phi) is 5.01. The Bertz CT molecular complexity index is 1330. The summed E-state index contributed by atoms with van der Waals surface area (Å²) >= 11 is 0. The summed E-state index contributed by atoms with van der Waals surface area (Å²) in [6, 6.07) is 16.1. The van der Waals surface area contributed by atoms with Gasteiger partial charge in [0.2, 0.25) is 0 Å². The molecule has 0 unspecified atom stereocenters.